The number of rotatable bonds is 10. The number of carbonyl (C=O) groups is 2. The largest absolute Gasteiger partial charge is 0.481 e. The third-order valence-electron chi connectivity index (χ3n) is 3.96. The van der Waals surface area contributed by atoms with Crippen molar-refractivity contribution < 1.29 is 28.9 Å². The molecule has 1 N–H and O–H groups in total. The predicted octanol–water partition coefficient (Wildman–Crippen LogP) is 3.67. The van der Waals surface area contributed by atoms with Crippen LogP contribution in [0.3, 0.4) is 0 Å². The summed E-state index contributed by atoms with van der Waals surface area (Å²) in [4.78, 5) is 21.2. The van der Waals surface area contributed by atoms with Crippen LogP contribution in [0.5, 0.6) is 0 Å². The van der Waals surface area contributed by atoms with Crippen LogP contribution in [0.25, 0.3) is 0 Å². The summed E-state index contributed by atoms with van der Waals surface area (Å²) in [6, 6.07) is 0. The van der Waals surface area contributed by atoms with E-state index in [9.17, 15) is 9.59 Å². The zero-order chi connectivity index (χ0) is 19.4. The molecule has 0 aliphatic carbocycles. The summed E-state index contributed by atoms with van der Waals surface area (Å²) in [6.45, 7) is 11.8. The first-order valence-corrected chi connectivity index (χ1v) is 8.39. The summed E-state index contributed by atoms with van der Waals surface area (Å²) in [6.07, 6.45) is 2.61. The molecule has 0 aromatic rings. The van der Waals surface area contributed by atoms with E-state index in [2.05, 4.69) is 0 Å². The maximum absolute atomic E-state index is 10.7. The lowest BCUT2D eigenvalue weighted by molar-refractivity contribution is -0.145. The number of methoxy groups -OCH3 is 2. The Balaban J connectivity index is 0. The Hall–Kier alpha value is -1.14. The molecule has 6 nitrogen and oxygen atoms in total. The Labute approximate surface area is 146 Å². The van der Waals surface area contributed by atoms with E-state index in [1.54, 1.807) is 28.1 Å². The third kappa shape index (κ3) is 14.5. The molecular formula is C18H36O6. The van der Waals surface area contributed by atoms with Crippen molar-refractivity contribution in [2.24, 2.45) is 5.92 Å². The van der Waals surface area contributed by atoms with Gasteiger partial charge in [0.15, 0.2) is 0 Å². The van der Waals surface area contributed by atoms with E-state index in [4.69, 9.17) is 19.3 Å². The van der Waals surface area contributed by atoms with Crippen LogP contribution in [0.4, 0.5) is 0 Å². The van der Waals surface area contributed by atoms with Gasteiger partial charge in [-0.15, -0.1) is 0 Å². The van der Waals surface area contributed by atoms with E-state index < -0.39 is 5.97 Å². The van der Waals surface area contributed by atoms with Crippen molar-refractivity contribution in [3.05, 3.63) is 0 Å². The first kappa shape index (κ1) is 25.1. The summed E-state index contributed by atoms with van der Waals surface area (Å²) in [5.41, 5.74) is -0.405. The van der Waals surface area contributed by atoms with Gasteiger partial charge >= 0.3 is 11.9 Å². The lowest BCUT2D eigenvalue weighted by atomic mass is 9.96. The van der Waals surface area contributed by atoms with Crippen LogP contribution in [0.1, 0.15) is 67.2 Å². The average molecular weight is 348 g/mol. The SMILES string of the molecule is CCC(=O)OCCC(C)(C)OC.COC(C)(C)CCC(C)C(=O)O. The van der Waals surface area contributed by atoms with Gasteiger partial charge in [0.2, 0.25) is 0 Å². The van der Waals surface area contributed by atoms with Gasteiger partial charge in [0.25, 0.3) is 0 Å². The van der Waals surface area contributed by atoms with E-state index in [-0.39, 0.29) is 23.1 Å². The Morgan fingerprint density at radius 3 is 1.83 bits per heavy atom. The third-order valence-corrected chi connectivity index (χ3v) is 3.96. The Kier molecular flexibility index (Phi) is 12.8. The second kappa shape index (κ2) is 12.3. The van der Waals surface area contributed by atoms with Crippen molar-refractivity contribution in [1.29, 1.82) is 0 Å². The number of esters is 1. The first-order chi connectivity index (χ1) is 10.9. The molecule has 0 heterocycles. The molecule has 24 heavy (non-hydrogen) atoms. The van der Waals surface area contributed by atoms with Crippen molar-refractivity contribution in [2.45, 2.75) is 78.4 Å². The van der Waals surface area contributed by atoms with Crippen molar-refractivity contribution in [3.63, 3.8) is 0 Å². The Morgan fingerprint density at radius 1 is 1.00 bits per heavy atom. The highest BCUT2D eigenvalue weighted by atomic mass is 16.5. The number of carboxylic acids is 1. The van der Waals surface area contributed by atoms with Crippen molar-refractivity contribution in [3.8, 4) is 0 Å². The van der Waals surface area contributed by atoms with Crippen LogP contribution < -0.4 is 0 Å². The number of aliphatic carboxylic acids is 1. The minimum Gasteiger partial charge on any atom is -0.481 e. The summed E-state index contributed by atoms with van der Waals surface area (Å²) < 4.78 is 15.2. The molecule has 0 aliphatic heterocycles. The first-order valence-electron chi connectivity index (χ1n) is 8.39. The minimum absolute atomic E-state index is 0.151. The van der Waals surface area contributed by atoms with Crippen LogP contribution in [0, 0.1) is 5.92 Å². The highest BCUT2D eigenvalue weighted by Crippen LogP contribution is 2.19. The van der Waals surface area contributed by atoms with Crippen LogP contribution in [-0.4, -0.2) is 49.1 Å². The van der Waals surface area contributed by atoms with Gasteiger partial charge in [-0.25, -0.2) is 0 Å². The maximum atomic E-state index is 10.7. The molecule has 0 aromatic heterocycles. The van der Waals surface area contributed by atoms with Gasteiger partial charge in [0.1, 0.15) is 0 Å². The zero-order valence-electron chi connectivity index (χ0n) is 16.6. The molecule has 0 radical (unpaired) electrons. The molecule has 144 valence electrons. The number of carbonyl (C=O) groups excluding carboxylic acids is 1. The number of hydrogen-bond acceptors (Lipinski definition) is 5. The minimum atomic E-state index is -0.734. The van der Waals surface area contributed by atoms with Gasteiger partial charge in [-0.05, 0) is 40.5 Å². The van der Waals surface area contributed by atoms with Gasteiger partial charge < -0.3 is 19.3 Å². The van der Waals surface area contributed by atoms with Crippen LogP contribution >= 0.6 is 0 Å². The van der Waals surface area contributed by atoms with Crippen LogP contribution in [0.15, 0.2) is 0 Å². The van der Waals surface area contributed by atoms with Crippen molar-refractivity contribution in [1.82, 2.24) is 0 Å². The molecule has 1 unspecified atom stereocenters. The van der Waals surface area contributed by atoms with Gasteiger partial charge in [0.05, 0.1) is 23.7 Å². The molecule has 0 aromatic carbocycles. The molecule has 0 aliphatic rings. The van der Waals surface area contributed by atoms with Crippen molar-refractivity contribution in [2.75, 3.05) is 20.8 Å². The van der Waals surface area contributed by atoms with Gasteiger partial charge in [-0.1, -0.05) is 13.8 Å². The maximum Gasteiger partial charge on any atom is 0.306 e. The van der Waals surface area contributed by atoms with Gasteiger partial charge in [0, 0.05) is 27.1 Å². The fourth-order valence-corrected chi connectivity index (χ4v) is 1.40. The van der Waals surface area contributed by atoms with E-state index in [1.165, 1.54) is 0 Å². The van der Waals surface area contributed by atoms with E-state index >= 15 is 0 Å². The number of hydrogen-bond donors (Lipinski definition) is 1. The smallest absolute Gasteiger partial charge is 0.306 e. The lowest BCUT2D eigenvalue weighted by Gasteiger charge is -2.23. The fraction of sp³-hybridized carbons (Fsp3) is 0.889. The quantitative estimate of drug-likeness (QED) is 0.607. The second-order valence-electron chi connectivity index (χ2n) is 7.03. The highest BCUT2D eigenvalue weighted by molar-refractivity contribution is 5.69. The lowest BCUT2D eigenvalue weighted by Crippen LogP contribution is -2.25. The molecule has 0 saturated carbocycles. The normalized spacial score (nSPS) is 12.8. The molecule has 0 rings (SSSR count). The number of ether oxygens (including phenoxy) is 3. The molecule has 0 fully saturated rings. The Bertz CT molecular complexity index is 361. The second-order valence-corrected chi connectivity index (χ2v) is 7.03. The molecule has 0 amide bonds. The monoisotopic (exact) mass is 348 g/mol. The zero-order valence-corrected chi connectivity index (χ0v) is 16.6. The standard InChI is InChI=1S/2C9H18O3/c1-7(8(10)11)5-6-9(2,3)12-4;1-5-8(10)12-7-6-9(2,3)11-4/h7H,5-6H2,1-4H3,(H,10,11);5-7H2,1-4H3. The van der Waals surface area contributed by atoms with Gasteiger partial charge in [-0.2, -0.15) is 0 Å². The van der Waals surface area contributed by atoms with E-state index in [0.717, 1.165) is 12.8 Å². The summed E-state index contributed by atoms with van der Waals surface area (Å²) in [5, 5.41) is 8.61. The van der Waals surface area contributed by atoms with E-state index in [1.807, 2.05) is 27.7 Å². The topological polar surface area (TPSA) is 82.1 Å². The molecule has 6 heteroatoms. The van der Waals surface area contributed by atoms with Crippen LogP contribution in [-0.2, 0) is 23.8 Å². The highest BCUT2D eigenvalue weighted by Gasteiger charge is 2.20. The average Bonchev–Trinajstić information content (AvgIpc) is 2.52. The van der Waals surface area contributed by atoms with Crippen molar-refractivity contribution >= 4 is 11.9 Å². The summed E-state index contributed by atoms with van der Waals surface area (Å²) in [7, 11) is 3.30. The van der Waals surface area contributed by atoms with E-state index in [0.29, 0.717) is 19.4 Å². The molecule has 1 atom stereocenters. The molecular weight excluding hydrogens is 312 g/mol. The molecule has 0 bridgehead atoms. The number of carboxylic acid groups (broad SMARTS) is 1. The molecule has 0 spiro atoms. The van der Waals surface area contributed by atoms with Crippen LogP contribution in [0.2, 0.25) is 0 Å². The Morgan fingerprint density at radius 2 is 1.46 bits per heavy atom. The summed E-state index contributed by atoms with van der Waals surface area (Å²) in [5.74, 6) is -1.16. The fourth-order valence-electron chi connectivity index (χ4n) is 1.40. The van der Waals surface area contributed by atoms with Gasteiger partial charge in [-0.3, -0.25) is 9.59 Å². The molecule has 0 saturated heterocycles. The summed E-state index contributed by atoms with van der Waals surface area (Å²) >= 11 is 0. The predicted molar refractivity (Wildman–Crippen MR) is 94.1 cm³/mol.